The quantitative estimate of drug-likeness (QED) is 0.579. The van der Waals surface area contributed by atoms with Crippen LogP contribution in [0.25, 0.3) is 0 Å². The third kappa shape index (κ3) is 1.00. The topological polar surface area (TPSA) is 35.5 Å². The number of allylic oxidation sites excluding steroid dienone is 1. The molecule has 1 aliphatic carbocycles. The van der Waals surface area contributed by atoms with Gasteiger partial charge in [-0.15, -0.1) is 0 Å². The Bertz CT molecular complexity index is 244. The molecule has 3 heteroatoms. The van der Waals surface area contributed by atoms with Crippen molar-refractivity contribution in [3.05, 3.63) is 11.8 Å². The Kier molecular flexibility index (Phi) is 1.60. The first kappa shape index (κ1) is 7.65. The zero-order chi connectivity index (χ0) is 8.72. The molecule has 3 atom stereocenters. The number of rotatable bonds is 2. The van der Waals surface area contributed by atoms with Gasteiger partial charge in [0.05, 0.1) is 12.4 Å². The molecular weight excluding hydrogens is 156 g/mol. The molecule has 0 spiro atoms. The second kappa shape index (κ2) is 2.51. The van der Waals surface area contributed by atoms with Gasteiger partial charge in [-0.2, -0.15) is 0 Å². The molecule has 3 nitrogen and oxygen atoms in total. The fraction of sp³-hybridized carbons (Fsp3) is 0.667. The van der Waals surface area contributed by atoms with Gasteiger partial charge in [0.25, 0.3) is 0 Å². The van der Waals surface area contributed by atoms with Gasteiger partial charge in [-0.05, 0) is 19.9 Å². The van der Waals surface area contributed by atoms with Crippen LogP contribution < -0.4 is 0 Å². The van der Waals surface area contributed by atoms with E-state index >= 15 is 0 Å². The lowest BCUT2D eigenvalue weighted by atomic mass is 10.3. The van der Waals surface area contributed by atoms with Crippen molar-refractivity contribution in [1.82, 2.24) is 0 Å². The molecule has 0 saturated heterocycles. The number of hydrogen-bond donors (Lipinski definition) is 0. The lowest BCUT2D eigenvalue weighted by Gasteiger charge is -2.03. The van der Waals surface area contributed by atoms with Crippen molar-refractivity contribution >= 4 is 5.97 Å². The van der Waals surface area contributed by atoms with Crippen LogP contribution in [0.15, 0.2) is 11.8 Å². The van der Waals surface area contributed by atoms with Gasteiger partial charge in [-0.25, -0.2) is 0 Å². The first-order valence-corrected chi connectivity index (χ1v) is 4.25. The van der Waals surface area contributed by atoms with Crippen molar-refractivity contribution in [2.45, 2.75) is 20.0 Å². The van der Waals surface area contributed by atoms with Crippen molar-refractivity contribution < 1.29 is 14.3 Å². The molecule has 2 aliphatic rings. The average molecular weight is 168 g/mol. The molecule has 2 rings (SSSR count). The Labute approximate surface area is 71.3 Å². The largest absolute Gasteiger partial charge is 0.494 e. The van der Waals surface area contributed by atoms with E-state index in [2.05, 4.69) is 0 Å². The van der Waals surface area contributed by atoms with E-state index in [9.17, 15) is 4.79 Å². The molecule has 1 aliphatic heterocycles. The molecule has 1 unspecified atom stereocenters. The first-order valence-electron chi connectivity index (χ1n) is 4.25. The van der Waals surface area contributed by atoms with E-state index in [1.807, 2.05) is 19.9 Å². The number of hydrogen-bond acceptors (Lipinski definition) is 3. The summed E-state index contributed by atoms with van der Waals surface area (Å²) in [5, 5.41) is 0. The highest BCUT2D eigenvalue weighted by Gasteiger charge is 2.59. The van der Waals surface area contributed by atoms with E-state index in [-0.39, 0.29) is 18.0 Å². The summed E-state index contributed by atoms with van der Waals surface area (Å²) in [6, 6.07) is 0. The van der Waals surface area contributed by atoms with Crippen LogP contribution in [0, 0.1) is 11.8 Å². The van der Waals surface area contributed by atoms with E-state index in [1.54, 1.807) is 0 Å². The number of carbonyl (C=O) groups excluding carboxylic acids is 1. The molecule has 0 bridgehead atoms. The molecule has 0 aromatic carbocycles. The van der Waals surface area contributed by atoms with Crippen LogP contribution in [0.3, 0.4) is 0 Å². The van der Waals surface area contributed by atoms with Crippen LogP contribution in [0.5, 0.6) is 0 Å². The van der Waals surface area contributed by atoms with E-state index in [0.717, 1.165) is 5.76 Å². The Balaban J connectivity index is 1.92. The molecular formula is C9H12O3. The molecule has 0 aromatic heterocycles. The van der Waals surface area contributed by atoms with Crippen LogP contribution in [-0.4, -0.2) is 18.7 Å². The van der Waals surface area contributed by atoms with Crippen LogP contribution in [0.4, 0.5) is 0 Å². The predicted molar refractivity (Wildman–Crippen MR) is 42.2 cm³/mol. The van der Waals surface area contributed by atoms with Gasteiger partial charge in [0, 0.05) is 5.92 Å². The van der Waals surface area contributed by atoms with Crippen molar-refractivity contribution in [3.8, 4) is 0 Å². The second-order valence-corrected chi connectivity index (χ2v) is 3.21. The Hall–Kier alpha value is -0.990. The third-order valence-electron chi connectivity index (χ3n) is 2.31. The highest BCUT2D eigenvalue weighted by Crippen LogP contribution is 2.49. The van der Waals surface area contributed by atoms with Crippen LogP contribution in [-0.2, 0) is 14.3 Å². The molecule has 1 heterocycles. The van der Waals surface area contributed by atoms with Gasteiger partial charge < -0.3 is 9.47 Å². The summed E-state index contributed by atoms with van der Waals surface area (Å²) >= 11 is 0. The van der Waals surface area contributed by atoms with Crippen molar-refractivity contribution in [3.63, 3.8) is 0 Å². The monoisotopic (exact) mass is 168 g/mol. The van der Waals surface area contributed by atoms with Crippen LogP contribution in [0.1, 0.15) is 13.8 Å². The molecule has 0 radical (unpaired) electrons. The lowest BCUT2D eigenvalue weighted by molar-refractivity contribution is -0.145. The smallest absolute Gasteiger partial charge is 0.313 e. The molecule has 0 amide bonds. The molecule has 0 aromatic rings. The Morgan fingerprint density at radius 1 is 1.75 bits per heavy atom. The van der Waals surface area contributed by atoms with Crippen molar-refractivity contribution in [2.75, 3.05) is 6.61 Å². The summed E-state index contributed by atoms with van der Waals surface area (Å²) in [5.74, 6) is 1.10. The Morgan fingerprint density at radius 2 is 2.50 bits per heavy atom. The molecule has 1 saturated carbocycles. The third-order valence-corrected chi connectivity index (χ3v) is 2.31. The summed E-state index contributed by atoms with van der Waals surface area (Å²) in [4.78, 5) is 11.2. The summed E-state index contributed by atoms with van der Waals surface area (Å²) in [6.07, 6.45) is 2.09. The number of fused-ring (bicyclic) bond motifs is 1. The zero-order valence-electron chi connectivity index (χ0n) is 7.24. The number of carbonyl (C=O) groups is 1. The summed E-state index contributed by atoms with van der Waals surface area (Å²) in [6.45, 7) is 4.18. The summed E-state index contributed by atoms with van der Waals surface area (Å²) < 4.78 is 10.3. The van der Waals surface area contributed by atoms with Crippen molar-refractivity contribution in [1.29, 1.82) is 0 Å². The molecule has 0 N–H and O–H groups in total. The minimum absolute atomic E-state index is 0.0198. The maximum Gasteiger partial charge on any atom is 0.313 e. The predicted octanol–water partition coefficient (Wildman–Crippen LogP) is 1.10. The van der Waals surface area contributed by atoms with Gasteiger partial charge in [0.2, 0.25) is 0 Å². The minimum atomic E-state index is -0.115. The molecule has 66 valence electrons. The van der Waals surface area contributed by atoms with E-state index in [1.165, 1.54) is 0 Å². The van der Waals surface area contributed by atoms with Crippen LogP contribution >= 0.6 is 0 Å². The zero-order valence-corrected chi connectivity index (χ0v) is 7.24. The lowest BCUT2D eigenvalue weighted by Crippen LogP contribution is -2.11. The van der Waals surface area contributed by atoms with Crippen LogP contribution in [0.2, 0.25) is 0 Å². The highest BCUT2D eigenvalue weighted by atomic mass is 16.5. The summed E-state index contributed by atoms with van der Waals surface area (Å²) in [5.41, 5.74) is 0. The maximum atomic E-state index is 11.2. The Morgan fingerprint density at radius 3 is 3.00 bits per heavy atom. The fourth-order valence-electron chi connectivity index (χ4n) is 1.71. The summed E-state index contributed by atoms with van der Waals surface area (Å²) in [7, 11) is 0. The van der Waals surface area contributed by atoms with Gasteiger partial charge in [-0.3, -0.25) is 4.79 Å². The van der Waals surface area contributed by atoms with E-state index in [0.29, 0.717) is 12.5 Å². The SMILES string of the molecule is CCOC(=O)[C@H]1C2C=C(C)O[C@@H]21. The highest BCUT2D eigenvalue weighted by molar-refractivity contribution is 5.78. The maximum absolute atomic E-state index is 11.2. The second-order valence-electron chi connectivity index (χ2n) is 3.21. The van der Waals surface area contributed by atoms with Gasteiger partial charge in [-0.1, -0.05) is 0 Å². The van der Waals surface area contributed by atoms with Gasteiger partial charge in [0.15, 0.2) is 0 Å². The first-order chi connectivity index (χ1) is 5.74. The van der Waals surface area contributed by atoms with Gasteiger partial charge in [0.1, 0.15) is 12.0 Å². The van der Waals surface area contributed by atoms with Crippen molar-refractivity contribution in [2.24, 2.45) is 11.8 Å². The normalized spacial score (nSPS) is 36.5. The molecule has 1 fully saturated rings. The number of esters is 1. The van der Waals surface area contributed by atoms with Gasteiger partial charge >= 0.3 is 5.97 Å². The van der Waals surface area contributed by atoms with E-state index in [4.69, 9.17) is 9.47 Å². The molecule has 12 heavy (non-hydrogen) atoms. The number of ether oxygens (including phenoxy) is 2. The standard InChI is InChI=1S/C9H12O3/c1-3-11-9(10)7-6-4-5(2)12-8(6)7/h4,6-8H,3H2,1-2H3/t6?,7-,8-/m0/s1. The fourth-order valence-corrected chi connectivity index (χ4v) is 1.71. The average Bonchev–Trinajstić information content (AvgIpc) is 2.51. The minimum Gasteiger partial charge on any atom is -0.494 e. The van der Waals surface area contributed by atoms with E-state index < -0.39 is 0 Å².